The molecule has 1 aromatic heterocycles. The molecule has 0 aliphatic heterocycles. The van der Waals surface area contributed by atoms with Crippen LogP contribution >= 0.6 is 11.3 Å². The number of hydrogen-bond acceptors (Lipinski definition) is 5. The maximum absolute atomic E-state index is 11.8. The normalized spacial score (nSPS) is 10.6. The number of carbonyl (C=O) groups excluding carboxylic acids is 1. The first-order valence-corrected chi connectivity index (χ1v) is 6.38. The number of ketones is 1. The number of methoxy groups -OCH3 is 1. The maximum Gasteiger partial charge on any atom is 0.303 e. The van der Waals surface area contributed by atoms with E-state index in [-0.39, 0.29) is 24.4 Å². The Kier molecular flexibility index (Phi) is 3.71. The highest BCUT2D eigenvalue weighted by Crippen LogP contribution is 2.36. The Balaban J connectivity index is 2.31. The average Bonchev–Trinajstić information content (AvgIpc) is 2.77. The van der Waals surface area contributed by atoms with Crippen LogP contribution in [0.4, 0.5) is 0 Å². The Hall–Kier alpha value is -2.08. The third kappa shape index (κ3) is 2.85. The van der Waals surface area contributed by atoms with Crippen molar-refractivity contribution in [1.82, 2.24) is 0 Å². The van der Waals surface area contributed by atoms with Crippen molar-refractivity contribution in [3.63, 3.8) is 0 Å². The summed E-state index contributed by atoms with van der Waals surface area (Å²) in [6, 6.07) is 4.87. The summed E-state index contributed by atoms with van der Waals surface area (Å²) in [4.78, 5) is 22.7. The fourth-order valence-corrected chi connectivity index (χ4v) is 2.74. The molecule has 2 N–H and O–H groups in total. The van der Waals surface area contributed by atoms with E-state index in [1.54, 1.807) is 12.1 Å². The number of carboxylic acid groups (broad SMARTS) is 1. The molecule has 0 saturated heterocycles. The van der Waals surface area contributed by atoms with Crippen LogP contribution in [0.15, 0.2) is 18.2 Å². The summed E-state index contributed by atoms with van der Waals surface area (Å²) in [5.41, 5.74) is 0. The van der Waals surface area contributed by atoms with E-state index in [9.17, 15) is 14.7 Å². The van der Waals surface area contributed by atoms with Gasteiger partial charge in [0.2, 0.25) is 0 Å². The van der Waals surface area contributed by atoms with Gasteiger partial charge in [-0.2, -0.15) is 0 Å². The molecule has 1 aromatic carbocycles. The van der Waals surface area contributed by atoms with Gasteiger partial charge >= 0.3 is 5.97 Å². The molecule has 2 aromatic rings. The number of fused-ring (bicyclic) bond motifs is 1. The van der Waals surface area contributed by atoms with Gasteiger partial charge in [-0.1, -0.05) is 0 Å². The fraction of sp³-hybridized carbons (Fsp3) is 0.231. The molecule has 2 rings (SSSR count). The minimum Gasteiger partial charge on any atom is -0.504 e. The van der Waals surface area contributed by atoms with Gasteiger partial charge < -0.3 is 14.9 Å². The molecule has 19 heavy (non-hydrogen) atoms. The minimum atomic E-state index is -0.992. The number of aromatic hydroxyl groups is 1. The van der Waals surface area contributed by atoms with E-state index in [1.807, 2.05) is 0 Å². The van der Waals surface area contributed by atoms with Gasteiger partial charge in [-0.15, -0.1) is 11.3 Å². The van der Waals surface area contributed by atoms with Crippen molar-refractivity contribution in [3.8, 4) is 11.5 Å². The first kappa shape index (κ1) is 13.4. The van der Waals surface area contributed by atoms with Gasteiger partial charge in [0.25, 0.3) is 0 Å². The van der Waals surface area contributed by atoms with Crippen molar-refractivity contribution >= 4 is 33.2 Å². The van der Waals surface area contributed by atoms with Crippen LogP contribution < -0.4 is 4.74 Å². The van der Waals surface area contributed by atoms with Crippen molar-refractivity contribution in [3.05, 3.63) is 23.1 Å². The van der Waals surface area contributed by atoms with Crippen molar-refractivity contribution < 1.29 is 24.5 Å². The Morgan fingerprint density at radius 3 is 2.63 bits per heavy atom. The summed E-state index contributed by atoms with van der Waals surface area (Å²) < 4.78 is 5.75. The van der Waals surface area contributed by atoms with Crippen molar-refractivity contribution in [2.75, 3.05) is 7.11 Å². The van der Waals surface area contributed by atoms with Crippen molar-refractivity contribution in [2.24, 2.45) is 0 Å². The topological polar surface area (TPSA) is 83.8 Å². The second-order valence-electron chi connectivity index (χ2n) is 3.99. The minimum absolute atomic E-state index is 0.0152. The zero-order valence-electron chi connectivity index (χ0n) is 10.2. The van der Waals surface area contributed by atoms with Crippen LogP contribution in [0.1, 0.15) is 22.5 Å². The standard InChI is InChI=1S/C13H12O5S/c1-18-10-4-7-5-12(8(14)2-3-13(16)17)19-11(7)6-9(10)15/h4-6,15H,2-3H2,1H3,(H,16,17). The van der Waals surface area contributed by atoms with Crippen LogP contribution in [0.2, 0.25) is 0 Å². The smallest absolute Gasteiger partial charge is 0.303 e. The Morgan fingerprint density at radius 1 is 1.26 bits per heavy atom. The van der Waals surface area contributed by atoms with Crippen LogP contribution in [-0.2, 0) is 4.79 Å². The molecule has 0 spiro atoms. The van der Waals surface area contributed by atoms with Crippen LogP contribution in [0.3, 0.4) is 0 Å². The number of benzene rings is 1. The second-order valence-corrected chi connectivity index (χ2v) is 5.07. The van der Waals surface area contributed by atoms with Crippen LogP contribution in [0.5, 0.6) is 11.5 Å². The molecule has 0 atom stereocenters. The summed E-state index contributed by atoms with van der Waals surface area (Å²) in [6.07, 6.45) is -0.201. The lowest BCUT2D eigenvalue weighted by Crippen LogP contribution is -2.01. The first-order chi connectivity index (χ1) is 9.01. The van der Waals surface area contributed by atoms with Crippen LogP contribution in [0, 0.1) is 0 Å². The lowest BCUT2D eigenvalue weighted by molar-refractivity contribution is -0.136. The number of hydrogen-bond donors (Lipinski definition) is 2. The molecule has 100 valence electrons. The molecule has 0 amide bonds. The monoisotopic (exact) mass is 280 g/mol. The summed E-state index contributed by atoms with van der Waals surface area (Å²) in [5, 5.41) is 19.0. The van der Waals surface area contributed by atoms with Gasteiger partial charge in [0.15, 0.2) is 17.3 Å². The second kappa shape index (κ2) is 5.27. The first-order valence-electron chi connectivity index (χ1n) is 5.57. The molecular weight excluding hydrogens is 268 g/mol. The number of thiophene rings is 1. The number of aliphatic carboxylic acids is 1. The van der Waals surface area contributed by atoms with E-state index in [2.05, 4.69) is 0 Å². The van der Waals surface area contributed by atoms with E-state index < -0.39 is 5.97 Å². The summed E-state index contributed by atoms with van der Waals surface area (Å²) >= 11 is 1.23. The lowest BCUT2D eigenvalue weighted by atomic mass is 10.1. The number of Topliss-reactive ketones (excluding diaryl/α,β-unsaturated/α-hetero) is 1. The maximum atomic E-state index is 11.8. The van der Waals surface area contributed by atoms with Gasteiger partial charge in [-0.25, -0.2) is 0 Å². The van der Waals surface area contributed by atoms with Crippen LogP contribution in [-0.4, -0.2) is 29.1 Å². The van der Waals surface area contributed by atoms with Crippen LogP contribution in [0.25, 0.3) is 10.1 Å². The van der Waals surface area contributed by atoms with Gasteiger partial charge in [0, 0.05) is 17.2 Å². The van der Waals surface area contributed by atoms with Crippen molar-refractivity contribution in [1.29, 1.82) is 0 Å². The number of phenols is 1. The number of rotatable bonds is 5. The number of phenolic OH excluding ortho intramolecular Hbond substituents is 1. The molecule has 5 nitrogen and oxygen atoms in total. The number of ether oxygens (including phenoxy) is 1. The molecule has 0 saturated carbocycles. The third-order valence-corrected chi connectivity index (χ3v) is 3.80. The highest BCUT2D eigenvalue weighted by atomic mass is 32.1. The Morgan fingerprint density at radius 2 is 2.00 bits per heavy atom. The van der Waals surface area contributed by atoms with Gasteiger partial charge in [0.05, 0.1) is 18.4 Å². The highest BCUT2D eigenvalue weighted by molar-refractivity contribution is 7.20. The van der Waals surface area contributed by atoms with Gasteiger partial charge in [-0.3, -0.25) is 9.59 Å². The Bertz CT molecular complexity index is 644. The largest absolute Gasteiger partial charge is 0.504 e. The number of carbonyl (C=O) groups is 2. The average molecular weight is 280 g/mol. The predicted octanol–water partition coefficient (Wildman–Crippen LogP) is 2.66. The van der Waals surface area contributed by atoms with E-state index >= 15 is 0 Å². The van der Waals surface area contributed by atoms with E-state index in [0.29, 0.717) is 10.6 Å². The van der Waals surface area contributed by atoms with Gasteiger partial charge in [0.1, 0.15) is 0 Å². The zero-order chi connectivity index (χ0) is 14.0. The van der Waals surface area contributed by atoms with Crippen molar-refractivity contribution in [2.45, 2.75) is 12.8 Å². The summed E-state index contributed by atoms with van der Waals surface area (Å²) in [5.74, 6) is -0.841. The molecule has 0 fully saturated rings. The SMILES string of the molecule is COc1cc2cc(C(=O)CCC(=O)O)sc2cc1O. The quantitative estimate of drug-likeness (QED) is 0.823. The highest BCUT2D eigenvalue weighted by Gasteiger charge is 2.14. The number of carboxylic acids is 1. The van der Waals surface area contributed by atoms with E-state index in [0.717, 1.165) is 10.1 Å². The fourth-order valence-electron chi connectivity index (χ4n) is 1.70. The molecule has 0 radical (unpaired) electrons. The predicted molar refractivity (Wildman–Crippen MR) is 71.2 cm³/mol. The molecule has 0 bridgehead atoms. The summed E-state index contributed by atoms with van der Waals surface area (Å²) in [6.45, 7) is 0. The Labute approximate surface area is 113 Å². The third-order valence-electron chi connectivity index (χ3n) is 2.66. The molecular formula is C13H12O5S. The molecule has 0 unspecified atom stereocenters. The molecule has 0 aliphatic rings. The van der Waals surface area contributed by atoms with E-state index in [4.69, 9.17) is 9.84 Å². The molecule has 0 aliphatic carbocycles. The molecule has 6 heteroatoms. The lowest BCUT2D eigenvalue weighted by Gasteiger charge is -2.01. The zero-order valence-corrected chi connectivity index (χ0v) is 11.0. The molecule has 1 heterocycles. The van der Waals surface area contributed by atoms with Gasteiger partial charge in [-0.05, 0) is 17.5 Å². The van der Waals surface area contributed by atoms with E-state index in [1.165, 1.54) is 24.5 Å². The summed E-state index contributed by atoms with van der Waals surface area (Å²) in [7, 11) is 1.45.